The van der Waals surface area contributed by atoms with Gasteiger partial charge in [-0.05, 0) is 155 Å². The predicted molar refractivity (Wildman–Crippen MR) is 439 cm³/mol. The molecule has 7 aromatic carbocycles. The van der Waals surface area contributed by atoms with Crippen LogP contribution in [-0.2, 0) is 51.6 Å². The van der Waals surface area contributed by atoms with Crippen LogP contribution in [0.4, 0.5) is 5.69 Å². The lowest BCUT2D eigenvalue weighted by atomic mass is 9.77. The van der Waals surface area contributed by atoms with Gasteiger partial charge in [0.1, 0.15) is 54.3 Å². The van der Waals surface area contributed by atoms with Crippen molar-refractivity contribution >= 4 is 185 Å². The molecule has 0 atom stereocenters. The van der Waals surface area contributed by atoms with Crippen LogP contribution in [0, 0.1) is 10.1 Å². The third-order valence-electron chi connectivity index (χ3n) is 17.9. The summed E-state index contributed by atoms with van der Waals surface area (Å²) in [6.07, 6.45) is 11.8. The Hall–Kier alpha value is -7.97. The summed E-state index contributed by atoms with van der Waals surface area (Å²) >= 11 is 20.5. The van der Waals surface area contributed by atoms with E-state index in [4.69, 9.17) is 52.7 Å². The number of halogens is 6. The van der Waals surface area contributed by atoms with Crippen molar-refractivity contribution in [2.24, 2.45) is 0 Å². The average Bonchev–Trinajstić information content (AvgIpc) is 1.59. The van der Waals surface area contributed by atoms with E-state index in [-0.39, 0.29) is 68.7 Å². The summed E-state index contributed by atoms with van der Waals surface area (Å²) in [6.45, 7) is 15.3. The fourth-order valence-corrected chi connectivity index (χ4v) is 14.7. The number of nitrogens with zero attached hydrogens (tertiary/aromatic N) is 6. The maximum atomic E-state index is 11.5. The van der Waals surface area contributed by atoms with Crippen LogP contribution in [-0.4, -0.2) is 134 Å². The number of nitro groups is 1. The number of aromatic nitrogens is 6. The lowest BCUT2D eigenvalue weighted by Crippen LogP contribution is -2.41. The number of nitrogens with one attached hydrogen (secondary N) is 1. The third-order valence-corrected chi connectivity index (χ3v) is 21.8. The molecule has 1 fully saturated rings. The number of benzene rings is 7. The highest BCUT2D eigenvalue weighted by atomic mass is 79.9. The smallest absolute Gasteiger partial charge is 0.495 e. The summed E-state index contributed by atoms with van der Waals surface area (Å²) in [7, 11) is 6.00. The fourth-order valence-electron chi connectivity index (χ4n) is 12.1. The second kappa shape index (κ2) is 36.8. The lowest BCUT2D eigenvalue weighted by molar-refractivity contribution is -0.385. The van der Waals surface area contributed by atoms with Crippen LogP contribution in [0.3, 0.4) is 0 Å². The van der Waals surface area contributed by atoms with Crippen molar-refractivity contribution in [3.05, 3.63) is 202 Å². The van der Waals surface area contributed by atoms with Gasteiger partial charge < -0.3 is 85.6 Å². The van der Waals surface area contributed by atoms with Crippen LogP contribution < -0.4 is 33.9 Å². The predicted octanol–water partition coefficient (Wildman–Crippen LogP) is 18.6. The molecular weight excluding hydrogens is 1750 g/mol. The van der Waals surface area contributed by atoms with E-state index in [1.54, 1.807) is 52.5 Å². The summed E-state index contributed by atoms with van der Waals surface area (Å²) < 4.78 is 65.2. The van der Waals surface area contributed by atoms with E-state index in [1.165, 1.54) is 24.1 Å². The van der Waals surface area contributed by atoms with Crippen molar-refractivity contribution < 1.29 is 67.5 Å². The van der Waals surface area contributed by atoms with Gasteiger partial charge in [-0.15, -0.1) is 0 Å². The Morgan fingerprint density at radius 3 is 1.51 bits per heavy atom. The number of rotatable bonds is 13. The Kier molecular flexibility index (Phi) is 28.5. The molecule has 29 heteroatoms. The van der Waals surface area contributed by atoms with Gasteiger partial charge in [0, 0.05) is 115 Å². The Bertz CT molecular complexity index is 5200. The number of hydrogen-bond acceptors (Lipinski definition) is 15. The normalized spacial score (nSPS) is 13.3. The van der Waals surface area contributed by atoms with Gasteiger partial charge in [-0.1, -0.05) is 109 Å². The van der Waals surface area contributed by atoms with Crippen LogP contribution in [0.2, 0.25) is 0 Å². The minimum atomic E-state index is -0.483. The van der Waals surface area contributed by atoms with Crippen LogP contribution in [0.25, 0.3) is 65.4 Å². The first kappa shape index (κ1) is 82.1. The number of carbonyl (C=O) groups is 1. The molecule has 16 rings (SSSR count). The van der Waals surface area contributed by atoms with E-state index in [1.807, 2.05) is 117 Å². The van der Waals surface area contributed by atoms with Gasteiger partial charge in [-0.3, -0.25) is 14.9 Å². The molecule has 0 radical (unpaired) electrons. The number of aromatic hydroxyl groups is 1. The maximum Gasteiger partial charge on any atom is 0.495 e. The molecule has 3 aliphatic heterocycles. The zero-order valence-corrected chi connectivity index (χ0v) is 68.4. The molecule has 13 aromatic rings. The van der Waals surface area contributed by atoms with Crippen LogP contribution >= 0.6 is 95.6 Å². The number of ether oxygens (including phenoxy) is 7. The summed E-state index contributed by atoms with van der Waals surface area (Å²) in [5, 5.41) is 44.5. The van der Waals surface area contributed by atoms with Crippen LogP contribution in [0.5, 0.6) is 40.2 Å². The highest BCUT2D eigenvalue weighted by Gasteiger charge is 2.52. The van der Waals surface area contributed by atoms with Gasteiger partial charge in [-0.25, -0.2) is 0 Å². The van der Waals surface area contributed by atoms with Crippen molar-refractivity contribution in [2.45, 2.75) is 86.0 Å². The molecule has 0 unspecified atom stereocenters. The van der Waals surface area contributed by atoms with Crippen molar-refractivity contribution in [3.8, 4) is 40.2 Å². The Balaban J connectivity index is 0.000000144. The highest BCUT2D eigenvalue weighted by Crippen LogP contribution is 2.41. The van der Waals surface area contributed by atoms with Gasteiger partial charge in [0.05, 0.1) is 111 Å². The molecule has 22 nitrogen and oxygen atoms in total. The standard InChI is InChI=1S/C16H20BNO3.C13H14BrNO3.C11H12BrNO2.C10H10BrNO2.C10H8BrNO.C9H8BrNO.C7H6BrNO3.CH4/c1-15(2)16(3,4)21-17(20-15)12-5-6-13-14-11(12)7-8-18(14)9-10-19-13;1-3-18-12(16)8-15-7-6-9-10(14)4-5-11(17-2)13(9)15;1-15-10-3-2-9(12)8-4-5-13(6-7-14)11(8)10;11-8-1-2-9(14)10-7(8)3-4-12(10)5-6-13;11-8-1-2-9-10-7(8)3-4-12(10)5-6-13-9;1-12-8-3-2-7(10)6-4-5-11-9(6)8;1-12-7-3-2-5(8)4-6(7)9(10)11;/h5-8H,9-10H2,1-4H3;4-7H,3,8H2,1-2H3;2-5,14H,6-7H2,1H3;1-4,13-14H,5-6H2;1-4H,5-6H2;2-5,11H,1H3;2-4H,1H3;1H4. The zero-order chi connectivity index (χ0) is 75.4. The topological polar surface area (TPSA) is 244 Å². The Labute approximate surface area is 664 Å². The SMILES string of the molecule is Brc1ccc2c3c1ccn3CCO2.C.CC1(C)OB(c2ccc3c4c2ccn4CCO3)OC1(C)C.CCOC(=O)Cn1ccc2c(Br)ccc(OC)c21.COc1ccc(Br)c2cc[nH]c12.COc1ccc(Br)c2ccn(CCO)c12.COc1ccc(Br)cc1[N+](=O)[O-].OCCn1ccc2c(Br)ccc(O)c21. The summed E-state index contributed by atoms with van der Waals surface area (Å²) in [4.78, 5) is 24.6. The van der Waals surface area contributed by atoms with Crippen LogP contribution in [0.15, 0.2) is 191 Å². The molecule has 0 bridgehead atoms. The summed E-state index contributed by atoms with van der Waals surface area (Å²) in [5.74, 6) is 4.63. The first-order chi connectivity index (χ1) is 50.4. The number of aliphatic hydroxyl groups is 2. The molecule has 6 aromatic heterocycles. The van der Waals surface area contributed by atoms with E-state index in [9.17, 15) is 20.0 Å². The number of esters is 1. The molecule has 0 spiro atoms. The van der Waals surface area contributed by atoms with Gasteiger partial charge in [0.2, 0.25) is 0 Å². The summed E-state index contributed by atoms with van der Waals surface area (Å²) in [6, 6.07) is 39.9. The number of fused-ring (bicyclic) bond motifs is 4. The minimum absolute atomic E-state index is 0. The van der Waals surface area contributed by atoms with Crippen LogP contribution in [0.1, 0.15) is 42.0 Å². The average molecular weight is 1840 g/mol. The zero-order valence-electron chi connectivity index (χ0n) is 58.9. The van der Waals surface area contributed by atoms with Crippen molar-refractivity contribution in [2.75, 3.05) is 61.5 Å². The van der Waals surface area contributed by atoms with E-state index in [0.29, 0.717) is 24.2 Å². The fraction of sp³-hybridized carbons (Fsp3) is 0.286. The number of carbonyl (C=O) groups excluding carboxylic acids is 1. The van der Waals surface area contributed by atoms with Gasteiger partial charge >= 0.3 is 18.8 Å². The van der Waals surface area contributed by atoms with Crippen molar-refractivity contribution in [1.29, 1.82) is 0 Å². The molecule has 4 N–H and O–H groups in total. The van der Waals surface area contributed by atoms with Crippen molar-refractivity contribution in [1.82, 2.24) is 27.8 Å². The molecule has 0 aliphatic carbocycles. The highest BCUT2D eigenvalue weighted by molar-refractivity contribution is 9.11. The monoisotopic (exact) mass is 1830 g/mol. The number of methoxy groups -OCH3 is 4. The summed E-state index contributed by atoms with van der Waals surface area (Å²) in [5.41, 5.74) is 6.45. The largest absolute Gasteiger partial charge is 0.506 e. The molecule has 560 valence electrons. The quantitative estimate of drug-likeness (QED) is 0.0363. The van der Waals surface area contributed by atoms with E-state index >= 15 is 0 Å². The molecular formula is C77H82BBr6N7O15. The molecule has 0 saturated carbocycles. The number of aromatic amines is 1. The van der Waals surface area contributed by atoms with E-state index < -0.39 is 4.92 Å². The Morgan fingerprint density at radius 2 is 0.981 bits per heavy atom. The minimum Gasteiger partial charge on any atom is -0.506 e. The first-order valence-corrected chi connectivity index (χ1v) is 37.9. The van der Waals surface area contributed by atoms with Gasteiger partial charge in [0.25, 0.3) is 0 Å². The lowest BCUT2D eigenvalue weighted by Gasteiger charge is -2.32. The number of aliphatic hydroxyl groups excluding tert-OH is 2. The number of nitro benzene ring substituents is 1. The molecule has 9 heterocycles. The van der Waals surface area contributed by atoms with Gasteiger partial charge in [0.15, 0.2) is 5.75 Å². The molecule has 3 aliphatic rings. The number of hydrogen-bond donors (Lipinski definition) is 4. The van der Waals surface area contributed by atoms with E-state index in [0.717, 1.165) is 137 Å². The van der Waals surface area contributed by atoms with Gasteiger partial charge in [-0.2, -0.15) is 0 Å². The van der Waals surface area contributed by atoms with E-state index in [2.05, 4.69) is 168 Å². The third kappa shape index (κ3) is 18.2. The number of phenolic OH excluding ortho intramolecular Hbond substituents is 1. The molecule has 1 saturated heterocycles. The number of phenols is 1. The maximum absolute atomic E-state index is 11.5. The molecule has 106 heavy (non-hydrogen) atoms. The second-order valence-electron chi connectivity index (χ2n) is 24.7. The first-order valence-electron chi connectivity index (χ1n) is 33.2. The Morgan fingerprint density at radius 1 is 0.547 bits per heavy atom. The molecule has 0 amide bonds. The number of H-pyrrole nitrogens is 1. The van der Waals surface area contributed by atoms with Crippen molar-refractivity contribution in [3.63, 3.8) is 0 Å². The second-order valence-corrected chi connectivity index (χ2v) is 29.9.